The number of carbonyl (C=O) groups is 1. The number of carbonyl (C=O) groups excluding carboxylic acids is 1. The van der Waals surface area contributed by atoms with Crippen LogP contribution in [-0.4, -0.2) is 36.5 Å². The molecule has 0 bridgehead atoms. The van der Waals surface area contributed by atoms with Crippen molar-refractivity contribution in [1.29, 1.82) is 0 Å². The van der Waals surface area contributed by atoms with Gasteiger partial charge in [-0.15, -0.1) is 0 Å². The summed E-state index contributed by atoms with van der Waals surface area (Å²) in [4.78, 5) is 13.4. The van der Waals surface area contributed by atoms with Gasteiger partial charge in [0.15, 0.2) is 0 Å². The Labute approximate surface area is 119 Å². The van der Waals surface area contributed by atoms with E-state index < -0.39 is 0 Å². The number of rotatable bonds is 7. The Morgan fingerprint density at radius 1 is 1.40 bits per heavy atom. The lowest BCUT2D eigenvalue weighted by molar-refractivity contribution is -0.122. The van der Waals surface area contributed by atoms with Crippen LogP contribution >= 0.6 is 0 Å². The lowest BCUT2D eigenvalue weighted by atomic mass is 10.2. The topological polar surface area (TPSA) is 81.6 Å². The van der Waals surface area contributed by atoms with E-state index in [0.717, 1.165) is 43.7 Å². The van der Waals surface area contributed by atoms with Gasteiger partial charge in [0.2, 0.25) is 5.91 Å². The standard InChI is InChI=1S/C15H23N3O2/c16-11-12-5-1-2-7-14(12)20-10-4-9-18-8-3-6-13(18)15(17)19/h1-2,5,7,13H,3-4,6,8-11,16H2,(H2,17,19). The van der Waals surface area contributed by atoms with Crippen molar-refractivity contribution in [3.8, 4) is 5.75 Å². The quantitative estimate of drug-likeness (QED) is 0.724. The molecule has 5 nitrogen and oxygen atoms in total. The van der Waals surface area contributed by atoms with Crippen molar-refractivity contribution in [2.45, 2.75) is 31.8 Å². The molecule has 4 N–H and O–H groups in total. The van der Waals surface area contributed by atoms with Crippen LogP contribution in [0, 0.1) is 0 Å². The molecule has 1 fully saturated rings. The third kappa shape index (κ3) is 3.71. The van der Waals surface area contributed by atoms with E-state index in [1.807, 2.05) is 24.3 Å². The second-order valence-corrected chi connectivity index (χ2v) is 5.11. The Balaban J connectivity index is 1.75. The van der Waals surface area contributed by atoms with Crippen LogP contribution in [0.25, 0.3) is 0 Å². The molecule has 1 amide bonds. The molecule has 1 atom stereocenters. The van der Waals surface area contributed by atoms with Crippen LogP contribution in [0.1, 0.15) is 24.8 Å². The summed E-state index contributed by atoms with van der Waals surface area (Å²) in [5.41, 5.74) is 12.1. The normalized spacial score (nSPS) is 19.1. The molecule has 1 aliphatic heterocycles. The molecule has 0 aliphatic carbocycles. The number of para-hydroxylation sites is 1. The zero-order chi connectivity index (χ0) is 14.4. The molecular formula is C15H23N3O2. The second-order valence-electron chi connectivity index (χ2n) is 5.11. The Hall–Kier alpha value is -1.59. The molecule has 0 radical (unpaired) electrons. The Kier molecular flexibility index (Phi) is 5.38. The summed E-state index contributed by atoms with van der Waals surface area (Å²) in [5, 5.41) is 0. The summed E-state index contributed by atoms with van der Waals surface area (Å²) in [6.07, 6.45) is 2.80. The summed E-state index contributed by atoms with van der Waals surface area (Å²) in [6.45, 7) is 2.90. The molecule has 2 rings (SSSR count). The van der Waals surface area contributed by atoms with E-state index in [0.29, 0.717) is 13.2 Å². The number of primary amides is 1. The van der Waals surface area contributed by atoms with Gasteiger partial charge in [-0.3, -0.25) is 9.69 Å². The number of likely N-dealkylation sites (tertiary alicyclic amines) is 1. The highest BCUT2D eigenvalue weighted by molar-refractivity contribution is 5.80. The zero-order valence-electron chi connectivity index (χ0n) is 11.8. The molecule has 1 unspecified atom stereocenters. The first-order valence-corrected chi connectivity index (χ1v) is 7.16. The van der Waals surface area contributed by atoms with Crippen LogP contribution in [0.15, 0.2) is 24.3 Å². The number of hydrogen-bond acceptors (Lipinski definition) is 4. The molecule has 0 aromatic heterocycles. The third-order valence-corrected chi connectivity index (χ3v) is 3.73. The maximum absolute atomic E-state index is 11.3. The molecule has 1 aromatic rings. The number of ether oxygens (including phenoxy) is 1. The molecule has 1 aromatic carbocycles. The van der Waals surface area contributed by atoms with Gasteiger partial charge in [0.1, 0.15) is 5.75 Å². The zero-order valence-corrected chi connectivity index (χ0v) is 11.8. The highest BCUT2D eigenvalue weighted by Crippen LogP contribution is 2.19. The van der Waals surface area contributed by atoms with Crippen molar-refractivity contribution in [3.05, 3.63) is 29.8 Å². The van der Waals surface area contributed by atoms with Crippen LogP contribution in [0.3, 0.4) is 0 Å². The number of amides is 1. The predicted molar refractivity (Wildman–Crippen MR) is 78.2 cm³/mol. The minimum absolute atomic E-state index is 0.0914. The lowest BCUT2D eigenvalue weighted by Crippen LogP contribution is -2.40. The van der Waals surface area contributed by atoms with Gasteiger partial charge in [-0.25, -0.2) is 0 Å². The highest BCUT2D eigenvalue weighted by atomic mass is 16.5. The first kappa shape index (κ1) is 14.8. The fourth-order valence-electron chi connectivity index (χ4n) is 2.68. The summed E-state index contributed by atoms with van der Waals surface area (Å²) in [5.74, 6) is 0.639. The summed E-state index contributed by atoms with van der Waals surface area (Å²) < 4.78 is 5.76. The van der Waals surface area contributed by atoms with Crippen LogP contribution in [0.4, 0.5) is 0 Å². The second kappa shape index (κ2) is 7.26. The Morgan fingerprint density at radius 2 is 2.20 bits per heavy atom. The van der Waals surface area contributed by atoms with E-state index in [9.17, 15) is 4.79 Å². The van der Waals surface area contributed by atoms with Crippen LogP contribution < -0.4 is 16.2 Å². The van der Waals surface area contributed by atoms with Gasteiger partial charge in [-0.1, -0.05) is 18.2 Å². The smallest absolute Gasteiger partial charge is 0.234 e. The van der Waals surface area contributed by atoms with Gasteiger partial charge in [0, 0.05) is 18.7 Å². The van der Waals surface area contributed by atoms with Gasteiger partial charge in [0.05, 0.1) is 12.6 Å². The van der Waals surface area contributed by atoms with Crippen molar-refractivity contribution < 1.29 is 9.53 Å². The third-order valence-electron chi connectivity index (χ3n) is 3.73. The van der Waals surface area contributed by atoms with Gasteiger partial charge in [0.25, 0.3) is 0 Å². The van der Waals surface area contributed by atoms with Crippen LogP contribution in [-0.2, 0) is 11.3 Å². The molecule has 0 saturated carbocycles. The maximum Gasteiger partial charge on any atom is 0.234 e. The first-order valence-electron chi connectivity index (χ1n) is 7.16. The minimum atomic E-state index is -0.211. The van der Waals surface area contributed by atoms with Crippen LogP contribution in [0.2, 0.25) is 0 Å². The molecule has 1 saturated heterocycles. The van der Waals surface area contributed by atoms with Gasteiger partial charge < -0.3 is 16.2 Å². The van der Waals surface area contributed by atoms with E-state index in [-0.39, 0.29) is 11.9 Å². The average Bonchev–Trinajstić information content (AvgIpc) is 2.92. The predicted octanol–water partition coefficient (Wildman–Crippen LogP) is 0.864. The number of benzene rings is 1. The summed E-state index contributed by atoms with van der Waals surface area (Å²) >= 11 is 0. The Bertz CT molecular complexity index is 450. The summed E-state index contributed by atoms with van der Waals surface area (Å²) in [7, 11) is 0. The van der Waals surface area contributed by atoms with Gasteiger partial charge in [-0.2, -0.15) is 0 Å². The van der Waals surface area contributed by atoms with Crippen molar-refractivity contribution in [1.82, 2.24) is 4.90 Å². The van der Waals surface area contributed by atoms with E-state index in [2.05, 4.69) is 4.90 Å². The van der Waals surface area contributed by atoms with Crippen molar-refractivity contribution in [2.24, 2.45) is 11.5 Å². The number of nitrogens with two attached hydrogens (primary N) is 2. The molecular weight excluding hydrogens is 254 g/mol. The Morgan fingerprint density at radius 3 is 2.95 bits per heavy atom. The molecule has 0 spiro atoms. The minimum Gasteiger partial charge on any atom is -0.493 e. The van der Waals surface area contributed by atoms with E-state index in [1.165, 1.54) is 0 Å². The number of hydrogen-bond donors (Lipinski definition) is 2. The lowest BCUT2D eigenvalue weighted by Gasteiger charge is -2.21. The fraction of sp³-hybridized carbons (Fsp3) is 0.533. The molecule has 5 heteroatoms. The fourth-order valence-corrected chi connectivity index (χ4v) is 2.68. The largest absolute Gasteiger partial charge is 0.493 e. The average molecular weight is 277 g/mol. The van der Waals surface area contributed by atoms with E-state index in [1.54, 1.807) is 0 Å². The number of nitrogens with zero attached hydrogens (tertiary/aromatic N) is 1. The van der Waals surface area contributed by atoms with E-state index in [4.69, 9.17) is 16.2 Å². The van der Waals surface area contributed by atoms with Crippen molar-refractivity contribution in [2.75, 3.05) is 19.7 Å². The van der Waals surface area contributed by atoms with Crippen LogP contribution in [0.5, 0.6) is 5.75 Å². The van der Waals surface area contributed by atoms with E-state index >= 15 is 0 Å². The monoisotopic (exact) mass is 277 g/mol. The molecule has 1 heterocycles. The highest BCUT2D eigenvalue weighted by Gasteiger charge is 2.28. The van der Waals surface area contributed by atoms with Crippen molar-refractivity contribution >= 4 is 5.91 Å². The first-order chi connectivity index (χ1) is 9.72. The SMILES string of the molecule is NCc1ccccc1OCCCN1CCCC1C(N)=O. The molecule has 1 aliphatic rings. The molecule has 20 heavy (non-hydrogen) atoms. The van der Waals surface area contributed by atoms with Gasteiger partial charge >= 0.3 is 0 Å². The summed E-state index contributed by atoms with van der Waals surface area (Å²) in [6, 6.07) is 7.71. The van der Waals surface area contributed by atoms with Crippen molar-refractivity contribution in [3.63, 3.8) is 0 Å². The van der Waals surface area contributed by atoms with Gasteiger partial charge in [-0.05, 0) is 31.9 Å². The molecule has 110 valence electrons. The maximum atomic E-state index is 11.3.